The van der Waals surface area contributed by atoms with E-state index in [1.807, 2.05) is 14.0 Å². The molecule has 1 aliphatic heterocycles. The molecule has 66 valence electrons. The first-order chi connectivity index (χ1) is 5.27. The van der Waals surface area contributed by atoms with Crippen LogP contribution < -0.4 is 5.32 Å². The molecule has 0 spiro atoms. The standard InChI is InChI=1S/C8H17NO2/c1-4-7(5-9-3)8-10-6(2)11-8/h6-9H,4-5H2,1-3H3. The van der Waals surface area contributed by atoms with Gasteiger partial charge in [-0.25, -0.2) is 0 Å². The molecule has 1 unspecified atom stereocenters. The van der Waals surface area contributed by atoms with Crippen LogP contribution in [0.2, 0.25) is 0 Å². The van der Waals surface area contributed by atoms with Crippen molar-refractivity contribution in [2.45, 2.75) is 32.8 Å². The van der Waals surface area contributed by atoms with Gasteiger partial charge in [-0.15, -0.1) is 0 Å². The number of nitrogens with one attached hydrogen (secondary N) is 1. The number of ether oxygens (including phenoxy) is 2. The monoisotopic (exact) mass is 159 g/mol. The van der Waals surface area contributed by atoms with Crippen molar-refractivity contribution in [3.63, 3.8) is 0 Å². The van der Waals surface area contributed by atoms with Crippen LogP contribution in [0.25, 0.3) is 0 Å². The molecule has 0 aliphatic carbocycles. The van der Waals surface area contributed by atoms with Crippen molar-refractivity contribution in [2.75, 3.05) is 13.6 Å². The molecule has 11 heavy (non-hydrogen) atoms. The number of hydrogen-bond acceptors (Lipinski definition) is 3. The molecule has 1 fully saturated rings. The topological polar surface area (TPSA) is 30.5 Å². The normalized spacial score (nSPS) is 33.0. The second kappa shape index (κ2) is 4.04. The van der Waals surface area contributed by atoms with Crippen LogP contribution in [0.15, 0.2) is 0 Å². The van der Waals surface area contributed by atoms with Crippen LogP contribution in [0.3, 0.4) is 0 Å². The quantitative estimate of drug-likeness (QED) is 0.662. The maximum absolute atomic E-state index is 5.38. The summed E-state index contributed by atoms with van der Waals surface area (Å²) in [6.45, 7) is 5.04. The van der Waals surface area contributed by atoms with Crippen LogP contribution in [0, 0.1) is 5.92 Å². The van der Waals surface area contributed by atoms with Crippen LogP contribution in [-0.4, -0.2) is 26.2 Å². The summed E-state index contributed by atoms with van der Waals surface area (Å²) in [7, 11) is 1.95. The van der Waals surface area contributed by atoms with Crippen molar-refractivity contribution in [2.24, 2.45) is 5.92 Å². The Hall–Kier alpha value is -0.120. The van der Waals surface area contributed by atoms with Crippen molar-refractivity contribution < 1.29 is 9.47 Å². The molecule has 0 saturated carbocycles. The van der Waals surface area contributed by atoms with Gasteiger partial charge in [-0.1, -0.05) is 6.92 Å². The Kier molecular flexibility index (Phi) is 3.30. The summed E-state index contributed by atoms with van der Waals surface area (Å²) in [4.78, 5) is 0. The average molecular weight is 159 g/mol. The van der Waals surface area contributed by atoms with Gasteiger partial charge in [0.05, 0.1) is 0 Å². The second-order valence-corrected chi connectivity index (χ2v) is 2.93. The van der Waals surface area contributed by atoms with E-state index in [4.69, 9.17) is 9.47 Å². The molecule has 3 heteroatoms. The average Bonchev–Trinajstić information content (AvgIpc) is 1.95. The Balaban J connectivity index is 2.20. The first kappa shape index (κ1) is 8.97. The molecular formula is C8H17NO2. The maximum atomic E-state index is 5.38. The van der Waals surface area contributed by atoms with Gasteiger partial charge >= 0.3 is 0 Å². The lowest BCUT2D eigenvalue weighted by atomic mass is 10.1. The molecule has 1 rings (SSSR count). The smallest absolute Gasteiger partial charge is 0.167 e. The zero-order valence-electron chi connectivity index (χ0n) is 7.46. The highest BCUT2D eigenvalue weighted by Crippen LogP contribution is 2.24. The van der Waals surface area contributed by atoms with Crippen LogP contribution in [-0.2, 0) is 9.47 Å². The van der Waals surface area contributed by atoms with Crippen molar-refractivity contribution in [1.29, 1.82) is 0 Å². The summed E-state index contributed by atoms with van der Waals surface area (Å²) in [5.41, 5.74) is 0. The van der Waals surface area contributed by atoms with Gasteiger partial charge in [0.25, 0.3) is 0 Å². The Morgan fingerprint density at radius 3 is 2.45 bits per heavy atom. The largest absolute Gasteiger partial charge is 0.324 e. The highest BCUT2D eigenvalue weighted by molar-refractivity contribution is 4.68. The van der Waals surface area contributed by atoms with E-state index in [2.05, 4.69) is 12.2 Å². The van der Waals surface area contributed by atoms with E-state index in [1.165, 1.54) is 0 Å². The number of hydrogen-bond donors (Lipinski definition) is 1. The zero-order valence-corrected chi connectivity index (χ0v) is 7.46. The van der Waals surface area contributed by atoms with Gasteiger partial charge in [0.15, 0.2) is 12.6 Å². The first-order valence-corrected chi connectivity index (χ1v) is 4.23. The summed E-state index contributed by atoms with van der Waals surface area (Å²) in [6, 6.07) is 0. The molecule has 0 bridgehead atoms. The SMILES string of the molecule is CCC(CNC)C1OC(C)O1. The van der Waals surface area contributed by atoms with Crippen LogP contribution in [0.5, 0.6) is 0 Å². The first-order valence-electron chi connectivity index (χ1n) is 4.23. The molecule has 0 aromatic heterocycles. The van der Waals surface area contributed by atoms with E-state index < -0.39 is 0 Å². The molecular weight excluding hydrogens is 142 g/mol. The third-order valence-corrected chi connectivity index (χ3v) is 2.03. The lowest BCUT2D eigenvalue weighted by Gasteiger charge is -2.38. The van der Waals surface area contributed by atoms with Gasteiger partial charge in [-0.3, -0.25) is 0 Å². The van der Waals surface area contributed by atoms with Gasteiger partial charge in [-0.2, -0.15) is 0 Å². The predicted octanol–water partition coefficient (Wildman–Crippen LogP) is 0.951. The van der Waals surface area contributed by atoms with Gasteiger partial charge < -0.3 is 14.8 Å². The van der Waals surface area contributed by atoms with Gasteiger partial charge in [0.2, 0.25) is 0 Å². The van der Waals surface area contributed by atoms with Gasteiger partial charge in [0.1, 0.15) is 0 Å². The van der Waals surface area contributed by atoms with Crippen molar-refractivity contribution in [3.8, 4) is 0 Å². The molecule has 0 aromatic carbocycles. The van der Waals surface area contributed by atoms with Crippen molar-refractivity contribution in [1.82, 2.24) is 5.32 Å². The fourth-order valence-corrected chi connectivity index (χ4v) is 1.31. The second-order valence-electron chi connectivity index (χ2n) is 2.93. The highest BCUT2D eigenvalue weighted by atomic mass is 16.9. The summed E-state index contributed by atoms with van der Waals surface area (Å²) in [6.07, 6.45) is 1.13. The lowest BCUT2D eigenvalue weighted by molar-refractivity contribution is -0.391. The Morgan fingerprint density at radius 1 is 1.45 bits per heavy atom. The third-order valence-electron chi connectivity index (χ3n) is 2.03. The number of rotatable bonds is 4. The summed E-state index contributed by atoms with van der Waals surface area (Å²) < 4.78 is 10.8. The van der Waals surface area contributed by atoms with E-state index >= 15 is 0 Å². The summed E-state index contributed by atoms with van der Waals surface area (Å²) in [5, 5.41) is 3.12. The van der Waals surface area contributed by atoms with E-state index in [0.717, 1.165) is 13.0 Å². The maximum Gasteiger partial charge on any atom is 0.167 e. The molecule has 1 N–H and O–H groups in total. The molecule has 1 heterocycles. The summed E-state index contributed by atoms with van der Waals surface area (Å²) in [5.74, 6) is 0.496. The summed E-state index contributed by atoms with van der Waals surface area (Å²) >= 11 is 0. The molecule has 1 atom stereocenters. The molecule has 3 nitrogen and oxygen atoms in total. The van der Waals surface area contributed by atoms with Crippen molar-refractivity contribution in [3.05, 3.63) is 0 Å². The Morgan fingerprint density at radius 2 is 2.09 bits per heavy atom. The fraction of sp³-hybridized carbons (Fsp3) is 1.00. The van der Waals surface area contributed by atoms with E-state index in [1.54, 1.807) is 0 Å². The van der Waals surface area contributed by atoms with Crippen LogP contribution >= 0.6 is 0 Å². The van der Waals surface area contributed by atoms with Crippen LogP contribution in [0.1, 0.15) is 20.3 Å². The molecule has 0 radical (unpaired) electrons. The fourth-order valence-electron chi connectivity index (χ4n) is 1.31. The minimum absolute atomic E-state index is 0.00547. The predicted molar refractivity (Wildman–Crippen MR) is 43.1 cm³/mol. The molecule has 1 saturated heterocycles. The van der Waals surface area contributed by atoms with Crippen molar-refractivity contribution >= 4 is 0 Å². The van der Waals surface area contributed by atoms with E-state index in [9.17, 15) is 0 Å². The van der Waals surface area contributed by atoms with Gasteiger partial charge in [0, 0.05) is 12.5 Å². The van der Waals surface area contributed by atoms with E-state index in [-0.39, 0.29) is 12.6 Å². The van der Waals surface area contributed by atoms with Gasteiger partial charge in [-0.05, 0) is 20.4 Å². The lowest BCUT2D eigenvalue weighted by Crippen LogP contribution is -2.46. The minimum Gasteiger partial charge on any atom is -0.324 e. The van der Waals surface area contributed by atoms with E-state index in [0.29, 0.717) is 5.92 Å². The Bertz CT molecular complexity index is 113. The molecule has 1 aliphatic rings. The minimum atomic E-state index is 0.00547. The highest BCUT2D eigenvalue weighted by Gasteiger charge is 2.32. The van der Waals surface area contributed by atoms with Crippen LogP contribution in [0.4, 0.5) is 0 Å². The third kappa shape index (κ3) is 2.15. The zero-order chi connectivity index (χ0) is 8.27. The Labute approximate surface area is 68.1 Å². The molecule has 0 aromatic rings. The molecule has 0 amide bonds.